The molecule has 2 nitrogen and oxygen atoms in total. The Hall–Kier alpha value is -1.45. The molecule has 0 saturated carbocycles. The molecule has 0 radical (unpaired) electrons. The Morgan fingerprint density at radius 2 is 2.17 bits per heavy atom. The van der Waals surface area contributed by atoms with Crippen LogP contribution in [0.3, 0.4) is 0 Å². The van der Waals surface area contributed by atoms with Gasteiger partial charge < -0.3 is 5.21 Å². The molecule has 0 saturated heterocycles. The van der Waals surface area contributed by atoms with E-state index in [9.17, 15) is 8.78 Å². The highest BCUT2D eigenvalue weighted by atomic mass is 19.3. The van der Waals surface area contributed by atoms with Crippen molar-refractivity contribution >= 4 is 6.21 Å². The molecule has 0 amide bonds. The largest absolute Gasteiger partial charge is 0.411 e. The highest BCUT2D eigenvalue weighted by Crippen LogP contribution is 2.18. The van der Waals surface area contributed by atoms with E-state index >= 15 is 0 Å². The molecule has 4 heteroatoms. The Kier molecular flexibility index (Phi) is 2.74. The van der Waals surface area contributed by atoms with Gasteiger partial charge in [0.25, 0.3) is 6.43 Å². The predicted molar refractivity (Wildman–Crippen MR) is 40.8 cm³/mol. The van der Waals surface area contributed by atoms with Gasteiger partial charge in [0.1, 0.15) is 0 Å². The van der Waals surface area contributed by atoms with Crippen LogP contribution in [0.25, 0.3) is 0 Å². The van der Waals surface area contributed by atoms with Gasteiger partial charge >= 0.3 is 0 Å². The lowest BCUT2D eigenvalue weighted by Gasteiger charge is -1.98. The van der Waals surface area contributed by atoms with Crippen LogP contribution < -0.4 is 0 Å². The van der Waals surface area contributed by atoms with Crippen LogP contribution in [0.2, 0.25) is 0 Å². The minimum Gasteiger partial charge on any atom is -0.411 e. The van der Waals surface area contributed by atoms with Gasteiger partial charge in [0.2, 0.25) is 0 Å². The first-order chi connectivity index (χ1) is 5.74. The molecule has 0 spiro atoms. The molecule has 0 bridgehead atoms. The Morgan fingerprint density at radius 3 is 2.75 bits per heavy atom. The molecule has 1 N–H and O–H groups in total. The van der Waals surface area contributed by atoms with Gasteiger partial charge in [0.05, 0.1) is 6.21 Å². The summed E-state index contributed by atoms with van der Waals surface area (Å²) in [5, 5.41) is 10.9. The lowest BCUT2D eigenvalue weighted by Crippen LogP contribution is -1.87. The molecule has 1 aromatic carbocycles. The normalized spacial score (nSPS) is 11.2. The molecular formula is C8H7F2NO. The van der Waals surface area contributed by atoms with Gasteiger partial charge in [-0.1, -0.05) is 23.4 Å². The Bertz CT molecular complexity index is 286. The summed E-state index contributed by atoms with van der Waals surface area (Å²) in [4.78, 5) is 0. The first-order valence-electron chi connectivity index (χ1n) is 3.29. The van der Waals surface area contributed by atoms with Gasteiger partial charge in [-0.15, -0.1) is 0 Å². The predicted octanol–water partition coefficient (Wildman–Crippen LogP) is 2.43. The Morgan fingerprint density at radius 1 is 1.42 bits per heavy atom. The van der Waals surface area contributed by atoms with Crippen LogP contribution in [0, 0.1) is 0 Å². The standard InChI is InChI=1S/C8H7F2NO/c9-8(10)7-3-1-2-6(4-7)5-11-12/h1-5,8,12H/b11-5+. The number of benzene rings is 1. The minimum absolute atomic E-state index is 0.0765. The molecular weight excluding hydrogens is 164 g/mol. The van der Waals surface area contributed by atoms with E-state index in [2.05, 4.69) is 5.16 Å². The van der Waals surface area contributed by atoms with Crippen molar-refractivity contribution in [2.24, 2.45) is 5.16 Å². The zero-order valence-corrected chi connectivity index (χ0v) is 6.11. The van der Waals surface area contributed by atoms with E-state index in [0.29, 0.717) is 5.56 Å². The summed E-state index contributed by atoms with van der Waals surface area (Å²) < 4.78 is 24.2. The molecule has 0 unspecified atom stereocenters. The van der Waals surface area contributed by atoms with E-state index in [-0.39, 0.29) is 5.56 Å². The number of rotatable bonds is 2. The third-order valence-corrected chi connectivity index (χ3v) is 1.37. The molecule has 1 aromatic rings. The maximum Gasteiger partial charge on any atom is 0.263 e. The Labute approximate surface area is 68.1 Å². The summed E-state index contributed by atoms with van der Waals surface area (Å²) in [7, 11) is 0. The summed E-state index contributed by atoms with van der Waals surface area (Å²) in [6, 6.07) is 5.65. The summed E-state index contributed by atoms with van der Waals surface area (Å²) in [5.41, 5.74) is 0.378. The van der Waals surface area contributed by atoms with Crippen molar-refractivity contribution in [2.45, 2.75) is 6.43 Å². The Balaban J connectivity index is 2.95. The maximum absolute atomic E-state index is 12.1. The average molecular weight is 171 g/mol. The van der Waals surface area contributed by atoms with Gasteiger partial charge in [-0.3, -0.25) is 0 Å². The second kappa shape index (κ2) is 3.80. The van der Waals surface area contributed by atoms with Gasteiger partial charge in [0, 0.05) is 5.56 Å². The van der Waals surface area contributed by atoms with E-state index in [1.807, 2.05) is 0 Å². The molecule has 0 aromatic heterocycles. The molecule has 0 aliphatic rings. The maximum atomic E-state index is 12.1. The van der Waals surface area contributed by atoms with Gasteiger partial charge in [-0.2, -0.15) is 0 Å². The summed E-state index contributed by atoms with van der Waals surface area (Å²) >= 11 is 0. The summed E-state index contributed by atoms with van der Waals surface area (Å²) in [6.07, 6.45) is -1.39. The van der Waals surface area contributed by atoms with Gasteiger partial charge in [0.15, 0.2) is 0 Å². The zero-order valence-electron chi connectivity index (χ0n) is 6.11. The lowest BCUT2D eigenvalue weighted by atomic mass is 10.1. The molecule has 0 aliphatic carbocycles. The molecule has 12 heavy (non-hydrogen) atoms. The number of oxime groups is 1. The molecule has 0 aliphatic heterocycles. The number of hydrogen-bond acceptors (Lipinski definition) is 2. The molecule has 0 heterocycles. The van der Waals surface area contributed by atoms with Crippen LogP contribution in [0.15, 0.2) is 29.4 Å². The van der Waals surface area contributed by atoms with Crippen molar-refractivity contribution in [3.63, 3.8) is 0 Å². The van der Waals surface area contributed by atoms with Crippen molar-refractivity contribution in [3.8, 4) is 0 Å². The number of hydrogen-bond donors (Lipinski definition) is 1. The number of nitrogens with zero attached hydrogens (tertiary/aromatic N) is 1. The number of alkyl halides is 2. The monoisotopic (exact) mass is 171 g/mol. The fraction of sp³-hybridized carbons (Fsp3) is 0.125. The fourth-order valence-electron chi connectivity index (χ4n) is 0.842. The highest BCUT2D eigenvalue weighted by molar-refractivity contribution is 5.79. The summed E-state index contributed by atoms with van der Waals surface area (Å²) in [5.74, 6) is 0. The third-order valence-electron chi connectivity index (χ3n) is 1.37. The van der Waals surface area contributed by atoms with Crippen molar-refractivity contribution in [3.05, 3.63) is 35.4 Å². The van der Waals surface area contributed by atoms with Crippen LogP contribution in [0.4, 0.5) is 8.78 Å². The molecule has 0 atom stereocenters. The lowest BCUT2D eigenvalue weighted by molar-refractivity contribution is 0.151. The fourth-order valence-corrected chi connectivity index (χ4v) is 0.842. The van der Waals surface area contributed by atoms with Crippen molar-refractivity contribution < 1.29 is 14.0 Å². The molecule has 1 rings (SSSR count). The van der Waals surface area contributed by atoms with E-state index in [4.69, 9.17) is 5.21 Å². The zero-order chi connectivity index (χ0) is 8.97. The quantitative estimate of drug-likeness (QED) is 0.413. The van der Waals surface area contributed by atoms with Crippen LogP contribution in [-0.2, 0) is 0 Å². The second-order valence-electron chi connectivity index (χ2n) is 2.22. The average Bonchev–Trinajstić information content (AvgIpc) is 2.05. The van der Waals surface area contributed by atoms with E-state index in [0.717, 1.165) is 6.21 Å². The van der Waals surface area contributed by atoms with Gasteiger partial charge in [-0.05, 0) is 11.6 Å². The smallest absolute Gasteiger partial charge is 0.263 e. The SMILES string of the molecule is O/N=C/c1cccc(C(F)F)c1. The van der Waals surface area contributed by atoms with E-state index in [1.165, 1.54) is 18.2 Å². The second-order valence-corrected chi connectivity index (χ2v) is 2.22. The minimum atomic E-state index is -2.49. The highest BCUT2D eigenvalue weighted by Gasteiger charge is 2.05. The van der Waals surface area contributed by atoms with Crippen molar-refractivity contribution in [2.75, 3.05) is 0 Å². The van der Waals surface area contributed by atoms with E-state index < -0.39 is 6.43 Å². The van der Waals surface area contributed by atoms with Crippen LogP contribution in [0.5, 0.6) is 0 Å². The first-order valence-corrected chi connectivity index (χ1v) is 3.29. The molecule has 64 valence electrons. The van der Waals surface area contributed by atoms with Crippen LogP contribution >= 0.6 is 0 Å². The van der Waals surface area contributed by atoms with Crippen molar-refractivity contribution in [1.82, 2.24) is 0 Å². The third kappa shape index (κ3) is 2.02. The molecule has 0 fully saturated rings. The summed E-state index contributed by atoms with van der Waals surface area (Å²) in [6.45, 7) is 0. The number of halogens is 2. The van der Waals surface area contributed by atoms with Crippen LogP contribution in [-0.4, -0.2) is 11.4 Å². The topological polar surface area (TPSA) is 32.6 Å². The van der Waals surface area contributed by atoms with E-state index in [1.54, 1.807) is 6.07 Å². The van der Waals surface area contributed by atoms with Gasteiger partial charge in [-0.25, -0.2) is 8.78 Å². The first kappa shape index (κ1) is 8.64. The van der Waals surface area contributed by atoms with Crippen molar-refractivity contribution in [1.29, 1.82) is 0 Å². The van der Waals surface area contributed by atoms with Crippen LogP contribution in [0.1, 0.15) is 17.6 Å².